The van der Waals surface area contributed by atoms with Crippen LogP contribution in [0.1, 0.15) is 18.5 Å². The van der Waals surface area contributed by atoms with E-state index in [-0.39, 0.29) is 6.29 Å². The molecular formula is C16H20N2O3S. The summed E-state index contributed by atoms with van der Waals surface area (Å²) in [4.78, 5) is 8.11. The normalized spacial score (nSPS) is 24.1. The minimum Gasteiger partial charge on any atom is -0.444 e. The highest BCUT2D eigenvalue weighted by Crippen LogP contribution is 2.27. The van der Waals surface area contributed by atoms with E-state index in [9.17, 15) is 0 Å². The summed E-state index contributed by atoms with van der Waals surface area (Å²) in [6.45, 7) is 4.40. The third-order valence-corrected chi connectivity index (χ3v) is 5.10. The van der Waals surface area contributed by atoms with E-state index in [2.05, 4.69) is 9.88 Å². The van der Waals surface area contributed by atoms with Crippen molar-refractivity contribution in [3.8, 4) is 10.8 Å². The van der Waals surface area contributed by atoms with E-state index in [0.717, 1.165) is 49.3 Å². The van der Waals surface area contributed by atoms with E-state index in [4.69, 9.17) is 13.9 Å². The molecule has 2 fully saturated rings. The van der Waals surface area contributed by atoms with Gasteiger partial charge in [-0.2, -0.15) is 0 Å². The summed E-state index contributed by atoms with van der Waals surface area (Å²) in [6.07, 6.45) is 4.13. The molecule has 2 aliphatic heterocycles. The molecule has 0 aliphatic carbocycles. The predicted octanol–water partition coefficient (Wildman–Crippen LogP) is 2.99. The summed E-state index contributed by atoms with van der Waals surface area (Å²) in [5.41, 5.74) is 0.998. The fourth-order valence-electron chi connectivity index (χ4n) is 3.23. The van der Waals surface area contributed by atoms with Crippen molar-refractivity contribution < 1.29 is 13.9 Å². The Kier molecular flexibility index (Phi) is 4.25. The summed E-state index contributed by atoms with van der Waals surface area (Å²) in [6, 6.07) is 4.05. The Morgan fingerprint density at radius 1 is 1.32 bits per heavy atom. The van der Waals surface area contributed by atoms with Gasteiger partial charge in [0.05, 0.1) is 23.8 Å². The molecule has 22 heavy (non-hydrogen) atoms. The number of piperidine rings is 1. The summed E-state index contributed by atoms with van der Waals surface area (Å²) in [7, 11) is 0. The number of thiophene rings is 1. The first-order valence-electron chi connectivity index (χ1n) is 7.82. The van der Waals surface area contributed by atoms with Crippen molar-refractivity contribution in [1.82, 2.24) is 9.88 Å². The van der Waals surface area contributed by atoms with Crippen molar-refractivity contribution in [2.75, 3.05) is 26.3 Å². The lowest BCUT2D eigenvalue weighted by atomic mass is 9.97. The zero-order valence-corrected chi connectivity index (χ0v) is 13.3. The summed E-state index contributed by atoms with van der Waals surface area (Å²) in [5, 5.41) is 2.04. The zero-order chi connectivity index (χ0) is 14.8. The van der Waals surface area contributed by atoms with E-state index in [0.29, 0.717) is 5.92 Å². The molecule has 2 aromatic rings. The molecule has 2 saturated heterocycles. The highest BCUT2D eigenvalue weighted by Gasteiger charge is 2.31. The van der Waals surface area contributed by atoms with Crippen LogP contribution in [0.5, 0.6) is 0 Å². The zero-order valence-electron chi connectivity index (χ0n) is 12.4. The van der Waals surface area contributed by atoms with Crippen LogP contribution in [0, 0.1) is 5.92 Å². The number of oxazole rings is 1. The van der Waals surface area contributed by atoms with Crippen molar-refractivity contribution in [3.63, 3.8) is 0 Å². The molecule has 0 bridgehead atoms. The maximum Gasteiger partial charge on any atom is 0.236 e. The second-order valence-corrected chi connectivity index (χ2v) is 6.82. The highest BCUT2D eigenvalue weighted by atomic mass is 32.1. The first-order chi connectivity index (χ1) is 10.9. The number of aromatic nitrogens is 1. The molecule has 0 amide bonds. The van der Waals surface area contributed by atoms with Crippen LogP contribution in [-0.2, 0) is 16.0 Å². The standard InChI is InChI=1S/C16H20N2O3S/c1-3-12(16-19-6-7-20-16)9-18(5-1)10-13-11-21-15(17-13)14-4-2-8-22-14/h2,4,8,11-12,16H,1,3,5-7,9-10H2. The van der Waals surface area contributed by atoms with E-state index >= 15 is 0 Å². The lowest BCUT2D eigenvalue weighted by molar-refractivity contribution is -0.101. The number of ether oxygens (including phenoxy) is 2. The Labute approximate surface area is 133 Å². The van der Waals surface area contributed by atoms with Gasteiger partial charge in [-0.05, 0) is 30.8 Å². The van der Waals surface area contributed by atoms with Gasteiger partial charge < -0.3 is 13.9 Å². The van der Waals surface area contributed by atoms with Crippen LogP contribution in [0.2, 0.25) is 0 Å². The van der Waals surface area contributed by atoms with Crippen LogP contribution in [0.15, 0.2) is 28.2 Å². The second kappa shape index (κ2) is 6.50. The fourth-order valence-corrected chi connectivity index (χ4v) is 3.88. The van der Waals surface area contributed by atoms with E-state index in [1.54, 1.807) is 17.6 Å². The van der Waals surface area contributed by atoms with Crippen molar-refractivity contribution in [2.24, 2.45) is 5.92 Å². The lowest BCUT2D eigenvalue weighted by Gasteiger charge is -2.34. The third kappa shape index (κ3) is 3.10. The van der Waals surface area contributed by atoms with Crippen LogP contribution in [0.25, 0.3) is 10.8 Å². The van der Waals surface area contributed by atoms with Gasteiger partial charge in [-0.1, -0.05) is 6.07 Å². The van der Waals surface area contributed by atoms with Gasteiger partial charge in [-0.15, -0.1) is 11.3 Å². The molecule has 0 spiro atoms. The van der Waals surface area contributed by atoms with Crippen LogP contribution in [0.3, 0.4) is 0 Å². The molecule has 2 aliphatic rings. The molecule has 1 atom stereocenters. The van der Waals surface area contributed by atoms with Gasteiger partial charge in [0, 0.05) is 19.0 Å². The van der Waals surface area contributed by atoms with Crippen LogP contribution >= 0.6 is 11.3 Å². The van der Waals surface area contributed by atoms with Gasteiger partial charge in [0.1, 0.15) is 6.26 Å². The molecule has 0 saturated carbocycles. The van der Waals surface area contributed by atoms with Gasteiger partial charge in [0.25, 0.3) is 0 Å². The number of likely N-dealkylation sites (tertiary alicyclic amines) is 1. The van der Waals surface area contributed by atoms with E-state index in [1.165, 1.54) is 12.8 Å². The first kappa shape index (κ1) is 14.4. The number of hydrogen-bond acceptors (Lipinski definition) is 6. The van der Waals surface area contributed by atoms with Crippen molar-refractivity contribution >= 4 is 11.3 Å². The molecule has 0 aromatic carbocycles. The van der Waals surface area contributed by atoms with Crippen LogP contribution in [-0.4, -0.2) is 42.5 Å². The quantitative estimate of drug-likeness (QED) is 0.867. The number of rotatable bonds is 4. The number of hydrogen-bond donors (Lipinski definition) is 0. The minimum absolute atomic E-state index is 0.0122. The summed E-state index contributed by atoms with van der Waals surface area (Å²) >= 11 is 1.65. The van der Waals surface area contributed by atoms with Gasteiger partial charge in [0.15, 0.2) is 6.29 Å². The minimum atomic E-state index is -0.0122. The molecular weight excluding hydrogens is 300 g/mol. The van der Waals surface area contributed by atoms with Crippen LogP contribution < -0.4 is 0 Å². The van der Waals surface area contributed by atoms with E-state index < -0.39 is 0 Å². The molecule has 0 N–H and O–H groups in total. The van der Waals surface area contributed by atoms with Gasteiger partial charge in [-0.25, -0.2) is 4.98 Å². The number of nitrogens with zero attached hydrogens (tertiary/aromatic N) is 2. The Hall–Kier alpha value is -1.21. The average Bonchev–Trinajstić information content (AvgIpc) is 3.29. The molecule has 2 aromatic heterocycles. The first-order valence-corrected chi connectivity index (χ1v) is 8.70. The average molecular weight is 320 g/mol. The largest absolute Gasteiger partial charge is 0.444 e. The maximum absolute atomic E-state index is 5.66. The highest BCUT2D eigenvalue weighted by molar-refractivity contribution is 7.13. The van der Waals surface area contributed by atoms with Gasteiger partial charge in [-0.3, -0.25) is 4.90 Å². The maximum atomic E-state index is 5.66. The Morgan fingerprint density at radius 3 is 3.05 bits per heavy atom. The topological polar surface area (TPSA) is 47.7 Å². The Morgan fingerprint density at radius 2 is 2.23 bits per heavy atom. The van der Waals surface area contributed by atoms with E-state index in [1.807, 2.05) is 17.5 Å². The van der Waals surface area contributed by atoms with Crippen molar-refractivity contribution in [3.05, 3.63) is 29.5 Å². The molecule has 4 heterocycles. The Balaban J connectivity index is 1.38. The predicted molar refractivity (Wildman–Crippen MR) is 83.5 cm³/mol. The van der Waals surface area contributed by atoms with Crippen LogP contribution in [0.4, 0.5) is 0 Å². The van der Waals surface area contributed by atoms with Gasteiger partial charge >= 0.3 is 0 Å². The molecule has 0 radical (unpaired) electrons. The van der Waals surface area contributed by atoms with Crippen molar-refractivity contribution in [2.45, 2.75) is 25.7 Å². The van der Waals surface area contributed by atoms with Crippen molar-refractivity contribution in [1.29, 1.82) is 0 Å². The smallest absolute Gasteiger partial charge is 0.236 e. The second-order valence-electron chi connectivity index (χ2n) is 5.87. The molecule has 118 valence electrons. The molecule has 5 nitrogen and oxygen atoms in total. The fraction of sp³-hybridized carbons (Fsp3) is 0.562. The van der Waals surface area contributed by atoms with Gasteiger partial charge in [0.2, 0.25) is 5.89 Å². The molecule has 4 rings (SSSR count). The molecule has 6 heteroatoms. The Bertz CT molecular complexity index is 592. The SMILES string of the molecule is c1csc(-c2nc(CN3CCCC(C4OCCO4)C3)co2)c1. The molecule has 1 unspecified atom stereocenters. The third-order valence-electron chi connectivity index (χ3n) is 4.24. The summed E-state index contributed by atoms with van der Waals surface area (Å²) < 4.78 is 16.9. The lowest BCUT2D eigenvalue weighted by Crippen LogP contribution is -2.40. The summed E-state index contributed by atoms with van der Waals surface area (Å²) in [5.74, 6) is 1.20. The monoisotopic (exact) mass is 320 g/mol.